The molecule has 0 aliphatic carbocycles. The summed E-state index contributed by atoms with van der Waals surface area (Å²) in [5.74, 6) is 1.67. The van der Waals surface area contributed by atoms with Crippen molar-refractivity contribution in [3.8, 4) is 28.4 Å². The number of hydrogen-bond acceptors (Lipinski definition) is 4. The molecule has 0 bridgehead atoms. The summed E-state index contributed by atoms with van der Waals surface area (Å²) in [5.41, 5.74) is 4.90. The zero-order chi connectivity index (χ0) is 18.1. The van der Waals surface area contributed by atoms with Crippen molar-refractivity contribution in [2.75, 3.05) is 6.61 Å². The van der Waals surface area contributed by atoms with Gasteiger partial charge in [-0.15, -0.1) is 0 Å². The van der Waals surface area contributed by atoms with Crippen LogP contribution in [0.4, 0.5) is 0 Å². The Morgan fingerprint density at radius 3 is 2.73 bits per heavy atom. The number of imidazole rings is 1. The maximum Gasteiger partial charge on any atom is 0.144 e. The molecule has 0 saturated carbocycles. The molecule has 1 aromatic carbocycles. The van der Waals surface area contributed by atoms with Gasteiger partial charge in [-0.3, -0.25) is 9.25 Å². The summed E-state index contributed by atoms with van der Waals surface area (Å²) in [6.45, 7) is 4.52. The monoisotopic (exact) mass is 348 g/mol. The molecule has 4 rings (SSSR count). The molecule has 0 radical (unpaired) electrons. The van der Waals surface area contributed by atoms with Crippen LogP contribution in [-0.2, 0) is 6.54 Å². The standard InChI is InChI=1S/C20H20N4O2/c1-14-19(15(2)24(22-14)10-11-25)23-9-8-21-20(23)17-6-3-5-16(13-17)18-7-4-12-26-18/h3-9,12-13,25H,10-11H2,1-2H3. The van der Waals surface area contributed by atoms with Crippen molar-refractivity contribution in [3.05, 3.63) is 66.4 Å². The maximum absolute atomic E-state index is 9.24. The van der Waals surface area contributed by atoms with Crippen LogP contribution in [0, 0.1) is 13.8 Å². The average Bonchev–Trinajstić information content (AvgIpc) is 3.37. The number of nitrogens with zero attached hydrogens (tertiary/aromatic N) is 4. The summed E-state index contributed by atoms with van der Waals surface area (Å²) in [5, 5.41) is 13.8. The van der Waals surface area contributed by atoms with E-state index >= 15 is 0 Å². The molecule has 4 aromatic rings. The molecule has 26 heavy (non-hydrogen) atoms. The van der Waals surface area contributed by atoms with Gasteiger partial charge in [0.15, 0.2) is 0 Å². The Morgan fingerprint density at radius 2 is 1.96 bits per heavy atom. The second kappa shape index (κ2) is 6.65. The first-order valence-electron chi connectivity index (χ1n) is 8.52. The van der Waals surface area contributed by atoms with E-state index in [0.717, 1.165) is 39.8 Å². The number of furan rings is 1. The minimum absolute atomic E-state index is 0.0589. The Morgan fingerprint density at radius 1 is 1.12 bits per heavy atom. The third-order valence-electron chi connectivity index (χ3n) is 4.46. The number of benzene rings is 1. The third kappa shape index (κ3) is 2.74. The molecule has 1 N–H and O–H groups in total. The first-order valence-corrected chi connectivity index (χ1v) is 8.52. The number of aliphatic hydroxyl groups excluding tert-OH is 1. The van der Waals surface area contributed by atoms with Gasteiger partial charge in [0.05, 0.1) is 36.5 Å². The van der Waals surface area contributed by atoms with Crippen LogP contribution in [0.5, 0.6) is 0 Å². The molecule has 6 heteroatoms. The first-order chi connectivity index (χ1) is 12.7. The van der Waals surface area contributed by atoms with Gasteiger partial charge >= 0.3 is 0 Å². The summed E-state index contributed by atoms with van der Waals surface area (Å²) in [6.07, 6.45) is 5.40. The normalized spacial score (nSPS) is 11.2. The molecule has 0 aliphatic rings. The van der Waals surface area contributed by atoms with Crippen LogP contribution < -0.4 is 0 Å². The molecule has 0 spiro atoms. The fraction of sp³-hybridized carbons (Fsp3) is 0.200. The Balaban J connectivity index is 1.81. The first kappa shape index (κ1) is 16.4. The molecule has 0 saturated heterocycles. The average molecular weight is 348 g/mol. The van der Waals surface area contributed by atoms with Gasteiger partial charge in [-0.05, 0) is 32.0 Å². The summed E-state index contributed by atoms with van der Waals surface area (Å²) in [6, 6.07) is 11.9. The van der Waals surface area contributed by atoms with Crippen molar-refractivity contribution in [2.24, 2.45) is 0 Å². The van der Waals surface area contributed by atoms with Crippen LogP contribution in [0.1, 0.15) is 11.4 Å². The molecule has 6 nitrogen and oxygen atoms in total. The summed E-state index contributed by atoms with van der Waals surface area (Å²) in [4.78, 5) is 4.57. The lowest BCUT2D eigenvalue weighted by molar-refractivity contribution is 0.268. The highest BCUT2D eigenvalue weighted by Gasteiger charge is 2.17. The van der Waals surface area contributed by atoms with Crippen molar-refractivity contribution in [2.45, 2.75) is 20.4 Å². The quantitative estimate of drug-likeness (QED) is 0.598. The second-order valence-electron chi connectivity index (χ2n) is 6.15. The number of aryl methyl sites for hydroxylation is 1. The molecule has 3 heterocycles. The van der Waals surface area contributed by atoms with E-state index in [4.69, 9.17) is 4.42 Å². The molecular formula is C20H20N4O2. The predicted octanol–water partition coefficient (Wildman–Crippen LogP) is 3.60. The topological polar surface area (TPSA) is 69.0 Å². The van der Waals surface area contributed by atoms with E-state index in [2.05, 4.69) is 16.1 Å². The Kier molecular flexibility index (Phi) is 4.18. The SMILES string of the molecule is Cc1nn(CCO)c(C)c1-n1ccnc1-c1cccc(-c2ccco2)c1. The van der Waals surface area contributed by atoms with Crippen LogP contribution in [-0.4, -0.2) is 31.0 Å². The maximum atomic E-state index is 9.24. The van der Waals surface area contributed by atoms with E-state index in [-0.39, 0.29) is 6.61 Å². The lowest BCUT2D eigenvalue weighted by atomic mass is 10.1. The summed E-state index contributed by atoms with van der Waals surface area (Å²) >= 11 is 0. The zero-order valence-corrected chi connectivity index (χ0v) is 14.8. The molecule has 0 amide bonds. The largest absolute Gasteiger partial charge is 0.464 e. The highest BCUT2D eigenvalue weighted by Crippen LogP contribution is 2.29. The van der Waals surface area contributed by atoms with Crippen LogP contribution in [0.25, 0.3) is 28.4 Å². The Labute approximate surface area is 151 Å². The van der Waals surface area contributed by atoms with E-state index in [9.17, 15) is 5.11 Å². The lowest BCUT2D eigenvalue weighted by Crippen LogP contribution is -2.06. The smallest absolute Gasteiger partial charge is 0.144 e. The minimum Gasteiger partial charge on any atom is -0.464 e. The number of rotatable bonds is 5. The highest BCUT2D eigenvalue weighted by atomic mass is 16.3. The van der Waals surface area contributed by atoms with Gasteiger partial charge in [0.1, 0.15) is 11.6 Å². The van der Waals surface area contributed by atoms with Gasteiger partial charge in [-0.2, -0.15) is 5.10 Å². The molecule has 0 atom stereocenters. The van der Waals surface area contributed by atoms with Gasteiger partial charge < -0.3 is 9.52 Å². The van der Waals surface area contributed by atoms with Crippen molar-refractivity contribution >= 4 is 0 Å². The Hall–Kier alpha value is -3.12. The molecular weight excluding hydrogens is 328 g/mol. The van der Waals surface area contributed by atoms with Gasteiger partial charge in [-0.25, -0.2) is 4.98 Å². The van der Waals surface area contributed by atoms with E-state index in [1.807, 2.05) is 59.6 Å². The molecule has 0 fully saturated rings. The minimum atomic E-state index is 0.0589. The number of aliphatic hydroxyl groups is 1. The summed E-state index contributed by atoms with van der Waals surface area (Å²) in [7, 11) is 0. The van der Waals surface area contributed by atoms with Crippen LogP contribution in [0.2, 0.25) is 0 Å². The van der Waals surface area contributed by atoms with Crippen molar-refractivity contribution in [1.82, 2.24) is 19.3 Å². The highest BCUT2D eigenvalue weighted by molar-refractivity contribution is 5.68. The van der Waals surface area contributed by atoms with Crippen molar-refractivity contribution in [3.63, 3.8) is 0 Å². The molecule has 0 unspecified atom stereocenters. The van der Waals surface area contributed by atoms with Gasteiger partial charge in [-0.1, -0.05) is 18.2 Å². The van der Waals surface area contributed by atoms with Crippen LogP contribution >= 0.6 is 0 Å². The van der Waals surface area contributed by atoms with Crippen LogP contribution in [0.3, 0.4) is 0 Å². The fourth-order valence-corrected chi connectivity index (χ4v) is 3.30. The molecule has 3 aromatic heterocycles. The van der Waals surface area contributed by atoms with Crippen molar-refractivity contribution < 1.29 is 9.52 Å². The Bertz CT molecular complexity index is 1030. The van der Waals surface area contributed by atoms with Gasteiger partial charge in [0, 0.05) is 23.5 Å². The van der Waals surface area contributed by atoms with Gasteiger partial charge in [0.25, 0.3) is 0 Å². The molecule has 132 valence electrons. The third-order valence-corrected chi connectivity index (χ3v) is 4.46. The van der Waals surface area contributed by atoms with E-state index in [0.29, 0.717) is 6.54 Å². The summed E-state index contributed by atoms with van der Waals surface area (Å²) < 4.78 is 9.39. The van der Waals surface area contributed by atoms with Crippen LogP contribution in [0.15, 0.2) is 59.5 Å². The second-order valence-corrected chi connectivity index (χ2v) is 6.15. The predicted molar refractivity (Wildman–Crippen MR) is 99.0 cm³/mol. The fourth-order valence-electron chi connectivity index (χ4n) is 3.30. The van der Waals surface area contributed by atoms with Gasteiger partial charge in [0.2, 0.25) is 0 Å². The van der Waals surface area contributed by atoms with E-state index in [1.54, 1.807) is 12.5 Å². The zero-order valence-electron chi connectivity index (χ0n) is 14.8. The van der Waals surface area contributed by atoms with E-state index in [1.165, 1.54) is 0 Å². The lowest BCUT2D eigenvalue weighted by Gasteiger charge is -2.10. The van der Waals surface area contributed by atoms with Crippen molar-refractivity contribution in [1.29, 1.82) is 0 Å². The number of aromatic nitrogens is 4. The number of hydrogen-bond donors (Lipinski definition) is 1. The molecule has 0 aliphatic heterocycles. The van der Waals surface area contributed by atoms with E-state index < -0.39 is 0 Å².